The lowest BCUT2D eigenvalue weighted by molar-refractivity contribution is 0.297. The first-order valence-corrected chi connectivity index (χ1v) is 14.6. The Labute approximate surface area is 132 Å². The molecule has 21 heavy (non-hydrogen) atoms. The molecule has 1 rings (SSSR count). The molecule has 120 valence electrons. The largest absolute Gasteiger partial charge is 0.416 e. The topological polar surface area (TPSA) is 21.7 Å². The van der Waals surface area contributed by atoms with Crippen molar-refractivity contribution in [2.45, 2.75) is 39.3 Å². The molecule has 0 aliphatic heterocycles. The second-order valence-electron chi connectivity index (χ2n) is 7.24. The monoisotopic (exact) mass is 325 g/mol. The van der Waals surface area contributed by atoms with E-state index in [1.165, 1.54) is 5.69 Å². The molecular weight excluding hydrogens is 294 g/mol. The molecule has 0 aliphatic carbocycles. The fourth-order valence-corrected chi connectivity index (χ4v) is 3.34. The van der Waals surface area contributed by atoms with Crippen molar-refractivity contribution in [3.63, 3.8) is 0 Å². The van der Waals surface area contributed by atoms with Gasteiger partial charge in [0.05, 0.1) is 13.2 Å². The molecule has 0 aromatic heterocycles. The van der Waals surface area contributed by atoms with Crippen LogP contribution in [-0.2, 0) is 8.85 Å². The van der Waals surface area contributed by atoms with Crippen LogP contribution in [0.3, 0.4) is 0 Å². The van der Waals surface area contributed by atoms with Gasteiger partial charge in [-0.25, -0.2) is 0 Å². The Balaban J connectivity index is 2.55. The van der Waals surface area contributed by atoms with E-state index in [2.05, 4.69) is 74.5 Å². The molecule has 0 saturated heterocycles. The number of para-hydroxylation sites is 1. The highest BCUT2D eigenvalue weighted by Gasteiger charge is 2.17. The minimum Gasteiger partial charge on any atom is -0.416 e. The van der Waals surface area contributed by atoms with Crippen molar-refractivity contribution in [3.8, 4) is 0 Å². The van der Waals surface area contributed by atoms with Gasteiger partial charge in [0.25, 0.3) is 0 Å². The summed E-state index contributed by atoms with van der Waals surface area (Å²) in [5.41, 5.74) is 1.25. The molecule has 5 heteroatoms. The number of benzene rings is 1. The summed E-state index contributed by atoms with van der Waals surface area (Å²) in [6.45, 7) is 16.8. The molecule has 0 bridgehead atoms. The molecule has 0 heterocycles. The summed E-state index contributed by atoms with van der Waals surface area (Å²) >= 11 is 0. The maximum atomic E-state index is 5.99. The van der Waals surface area contributed by atoms with Crippen molar-refractivity contribution in [2.24, 2.45) is 0 Å². The van der Waals surface area contributed by atoms with Crippen LogP contribution in [0, 0.1) is 0 Å². The van der Waals surface area contributed by atoms with Crippen molar-refractivity contribution in [2.75, 3.05) is 31.2 Å². The molecule has 1 aromatic rings. The van der Waals surface area contributed by atoms with Gasteiger partial charge in [-0.05, 0) is 51.4 Å². The maximum absolute atomic E-state index is 5.99. The predicted molar refractivity (Wildman–Crippen MR) is 97.3 cm³/mol. The van der Waals surface area contributed by atoms with E-state index in [9.17, 15) is 0 Å². The smallest absolute Gasteiger partial charge is 0.183 e. The Bertz CT molecular complexity index is 379. The van der Waals surface area contributed by atoms with Gasteiger partial charge in [-0.15, -0.1) is 0 Å². The Hall–Kier alpha value is -0.626. The Morgan fingerprint density at radius 3 is 1.57 bits per heavy atom. The first-order chi connectivity index (χ1) is 9.67. The Morgan fingerprint density at radius 2 is 1.19 bits per heavy atom. The van der Waals surface area contributed by atoms with Crippen LogP contribution in [0.4, 0.5) is 5.69 Å². The van der Waals surface area contributed by atoms with E-state index < -0.39 is 16.6 Å². The molecular formula is C16H31NO2Si2. The lowest BCUT2D eigenvalue weighted by Gasteiger charge is -2.28. The van der Waals surface area contributed by atoms with E-state index in [4.69, 9.17) is 8.85 Å². The van der Waals surface area contributed by atoms with E-state index >= 15 is 0 Å². The first-order valence-electron chi connectivity index (χ1n) is 7.75. The molecule has 0 saturated carbocycles. The molecule has 3 nitrogen and oxygen atoms in total. The van der Waals surface area contributed by atoms with E-state index in [1.54, 1.807) is 0 Å². The third-order valence-electron chi connectivity index (χ3n) is 2.91. The van der Waals surface area contributed by atoms with Crippen LogP contribution in [0.15, 0.2) is 30.3 Å². The molecule has 0 amide bonds. The second kappa shape index (κ2) is 8.12. The Morgan fingerprint density at radius 1 is 0.762 bits per heavy atom. The van der Waals surface area contributed by atoms with Crippen LogP contribution in [0.1, 0.15) is 0 Å². The van der Waals surface area contributed by atoms with Crippen LogP contribution >= 0.6 is 0 Å². The zero-order valence-electron chi connectivity index (χ0n) is 14.5. The van der Waals surface area contributed by atoms with Crippen LogP contribution < -0.4 is 4.90 Å². The zero-order chi connectivity index (χ0) is 15.9. The molecule has 0 radical (unpaired) electrons. The highest BCUT2D eigenvalue weighted by molar-refractivity contribution is 6.70. The van der Waals surface area contributed by atoms with Crippen LogP contribution in [0.5, 0.6) is 0 Å². The van der Waals surface area contributed by atoms with Gasteiger partial charge in [0, 0.05) is 18.8 Å². The minimum absolute atomic E-state index is 0.789. The summed E-state index contributed by atoms with van der Waals surface area (Å²) in [5.74, 6) is 0. The van der Waals surface area contributed by atoms with Crippen molar-refractivity contribution < 1.29 is 8.85 Å². The van der Waals surface area contributed by atoms with Gasteiger partial charge < -0.3 is 13.8 Å². The van der Waals surface area contributed by atoms with E-state index in [-0.39, 0.29) is 0 Å². The first kappa shape index (κ1) is 18.4. The van der Waals surface area contributed by atoms with Crippen molar-refractivity contribution in [1.29, 1.82) is 0 Å². The molecule has 1 aromatic carbocycles. The summed E-state index contributed by atoms with van der Waals surface area (Å²) in [5, 5.41) is 0. The number of rotatable bonds is 9. The second-order valence-corrected chi connectivity index (χ2v) is 16.3. The van der Waals surface area contributed by atoms with E-state index in [0.717, 1.165) is 26.3 Å². The number of hydrogen-bond acceptors (Lipinski definition) is 3. The lowest BCUT2D eigenvalue weighted by atomic mass is 10.3. The van der Waals surface area contributed by atoms with Crippen molar-refractivity contribution >= 4 is 22.3 Å². The molecule has 0 aliphatic rings. The number of anilines is 1. The van der Waals surface area contributed by atoms with E-state index in [0.29, 0.717) is 0 Å². The summed E-state index contributed by atoms with van der Waals surface area (Å²) in [6, 6.07) is 10.5. The SMILES string of the molecule is C[Si](C)(C)OCCN(CCO[Si](C)(C)C)c1ccccc1. The van der Waals surface area contributed by atoms with Gasteiger partial charge >= 0.3 is 0 Å². The van der Waals surface area contributed by atoms with Gasteiger partial charge in [0.2, 0.25) is 0 Å². The molecule has 0 N–H and O–H groups in total. The van der Waals surface area contributed by atoms with Gasteiger partial charge in [-0.2, -0.15) is 0 Å². The summed E-state index contributed by atoms with van der Waals surface area (Å²) < 4.78 is 12.0. The summed E-state index contributed by atoms with van der Waals surface area (Å²) in [7, 11) is -2.87. The molecule has 0 fully saturated rings. The molecule has 0 unspecified atom stereocenters. The van der Waals surface area contributed by atoms with Crippen LogP contribution in [-0.4, -0.2) is 42.9 Å². The van der Waals surface area contributed by atoms with E-state index in [1.807, 2.05) is 0 Å². The Kier molecular flexibility index (Phi) is 7.13. The highest BCUT2D eigenvalue weighted by Crippen LogP contribution is 2.14. The fourth-order valence-electron chi connectivity index (χ4n) is 1.93. The van der Waals surface area contributed by atoms with Gasteiger partial charge in [0.1, 0.15) is 0 Å². The fraction of sp³-hybridized carbons (Fsp3) is 0.625. The minimum atomic E-state index is -1.44. The van der Waals surface area contributed by atoms with Crippen LogP contribution in [0.2, 0.25) is 39.3 Å². The third-order valence-corrected chi connectivity index (χ3v) is 5.05. The number of nitrogens with zero attached hydrogens (tertiary/aromatic N) is 1. The molecule has 0 atom stereocenters. The summed E-state index contributed by atoms with van der Waals surface area (Å²) in [4.78, 5) is 2.36. The van der Waals surface area contributed by atoms with Crippen molar-refractivity contribution in [1.82, 2.24) is 0 Å². The highest BCUT2D eigenvalue weighted by atomic mass is 28.4. The normalized spacial score (nSPS) is 12.5. The number of hydrogen-bond donors (Lipinski definition) is 0. The van der Waals surface area contributed by atoms with Gasteiger partial charge in [-0.1, -0.05) is 18.2 Å². The molecule has 0 spiro atoms. The standard InChI is InChI=1S/C16H31NO2Si2/c1-20(2,3)18-14-12-17(13-15-19-21(4,5)6)16-10-8-7-9-11-16/h7-11H,12-15H2,1-6H3. The van der Waals surface area contributed by atoms with Crippen molar-refractivity contribution in [3.05, 3.63) is 30.3 Å². The lowest BCUT2D eigenvalue weighted by Crippen LogP contribution is -2.37. The maximum Gasteiger partial charge on any atom is 0.183 e. The average Bonchev–Trinajstić information content (AvgIpc) is 2.35. The van der Waals surface area contributed by atoms with Gasteiger partial charge in [-0.3, -0.25) is 0 Å². The zero-order valence-corrected chi connectivity index (χ0v) is 16.5. The van der Waals surface area contributed by atoms with Gasteiger partial charge in [0.15, 0.2) is 16.6 Å². The predicted octanol–water partition coefficient (Wildman–Crippen LogP) is 4.20. The third kappa shape index (κ3) is 9.08. The van der Waals surface area contributed by atoms with Crippen LogP contribution in [0.25, 0.3) is 0 Å². The average molecular weight is 326 g/mol. The summed E-state index contributed by atoms with van der Waals surface area (Å²) in [6.07, 6.45) is 0. The quantitative estimate of drug-likeness (QED) is 0.635.